The molecule has 0 spiro atoms. The van der Waals surface area contributed by atoms with Crippen LogP contribution in [0.3, 0.4) is 0 Å². The van der Waals surface area contributed by atoms with E-state index >= 15 is 0 Å². The van der Waals surface area contributed by atoms with Crippen LogP contribution in [-0.4, -0.2) is 51.5 Å². The number of nitrogens with zero attached hydrogens (tertiary/aromatic N) is 4. The number of carbonyl (C=O) groups excluding carboxylic acids is 1. The zero-order valence-electron chi connectivity index (χ0n) is 16.1. The Kier molecular flexibility index (Phi) is 5.11. The molecule has 1 unspecified atom stereocenters. The van der Waals surface area contributed by atoms with Gasteiger partial charge in [0.2, 0.25) is 11.8 Å². The first-order chi connectivity index (χ1) is 13.1. The van der Waals surface area contributed by atoms with Gasteiger partial charge in [-0.25, -0.2) is 0 Å². The lowest BCUT2D eigenvalue weighted by Gasteiger charge is -2.27. The molecule has 2 aliphatic rings. The fraction of sp³-hybridized carbons (Fsp3) is 0.550. The summed E-state index contributed by atoms with van der Waals surface area (Å²) in [5.41, 5.74) is 4.08. The van der Waals surface area contributed by atoms with Crippen LogP contribution in [0.5, 0.6) is 0 Å². The molecule has 7 heteroatoms. The molecule has 7 nitrogen and oxygen atoms in total. The van der Waals surface area contributed by atoms with Gasteiger partial charge < -0.3 is 14.7 Å². The van der Waals surface area contributed by atoms with Crippen molar-refractivity contribution in [2.24, 2.45) is 0 Å². The minimum absolute atomic E-state index is 0.0620. The van der Waals surface area contributed by atoms with Crippen LogP contribution in [-0.2, 0) is 30.7 Å². The largest absolute Gasteiger partial charge is 0.384 e. The van der Waals surface area contributed by atoms with Crippen molar-refractivity contribution in [1.82, 2.24) is 19.9 Å². The zero-order chi connectivity index (χ0) is 18.8. The lowest BCUT2D eigenvalue weighted by atomic mass is 10.1. The Balaban J connectivity index is 1.41. The summed E-state index contributed by atoms with van der Waals surface area (Å²) in [5, 5.41) is 7.52. The van der Waals surface area contributed by atoms with Crippen molar-refractivity contribution in [2.45, 2.75) is 52.2 Å². The highest BCUT2D eigenvalue weighted by atomic mass is 16.5. The summed E-state index contributed by atoms with van der Waals surface area (Å²) < 4.78 is 5.18. The summed E-state index contributed by atoms with van der Waals surface area (Å²) >= 11 is 0. The van der Waals surface area contributed by atoms with E-state index in [2.05, 4.69) is 38.6 Å². The molecule has 2 aliphatic heterocycles. The van der Waals surface area contributed by atoms with Gasteiger partial charge in [-0.1, -0.05) is 30.3 Å². The number of nitrogens with one attached hydrogen (secondary N) is 1. The number of aromatic nitrogens is 2. The van der Waals surface area contributed by atoms with Crippen molar-refractivity contribution in [3.63, 3.8) is 0 Å². The first-order valence-electron chi connectivity index (χ1n) is 9.79. The number of amides is 1. The molecule has 1 N–H and O–H groups in total. The van der Waals surface area contributed by atoms with Crippen LogP contribution in [0.2, 0.25) is 0 Å². The fourth-order valence-corrected chi connectivity index (χ4v) is 4.14. The van der Waals surface area contributed by atoms with Crippen molar-refractivity contribution < 1.29 is 9.32 Å². The summed E-state index contributed by atoms with van der Waals surface area (Å²) in [5.74, 6) is 1.27. The molecule has 1 amide bonds. The van der Waals surface area contributed by atoms with Crippen molar-refractivity contribution in [3.8, 4) is 0 Å². The lowest BCUT2D eigenvalue weighted by molar-refractivity contribution is -0.131. The van der Waals surface area contributed by atoms with Gasteiger partial charge in [0.25, 0.3) is 0 Å². The number of rotatable bonds is 6. The van der Waals surface area contributed by atoms with Crippen LogP contribution in [0.25, 0.3) is 0 Å². The summed E-state index contributed by atoms with van der Waals surface area (Å²) in [6.07, 6.45) is 2.79. The van der Waals surface area contributed by atoms with Gasteiger partial charge in [-0.2, -0.15) is 4.98 Å². The minimum Gasteiger partial charge on any atom is -0.384 e. The first kappa shape index (κ1) is 18.0. The molecule has 1 fully saturated rings. The molecule has 1 saturated heterocycles. The van der Waals surface area contributed by atoms with E-state index in [1.807, 2.05) is 11.8 Å². The highest BCUT2D eigenvalue weighted by Crippen LogP contribution is 2.29. The van der Waals surface area contributed by atoms with Gasteiger partial charge in [-0.3, -0.25) is 9.69 Å². The highest BCUT2D eigenvalue weighted by Gasteiger charge is 2.31. The van der Waals surface area contributed by atoms with Crippen LogP contribution in [0.1, 0.15) is 43.1 Å². The number of para-hydroxylation sites is 1. The predicted octanol–water partition coefficient (Wildman–Crippen LogP) is 2.22. The molecule has 1 atom stereocenters. The van der Waals surface area contributed by atoms with E-state index in [0.717, 1.165) is 39.0 Å². The van der Waals surface area contributed by atoms with Crippen LogP contribution in [0, 0.1) is 0 Å². The smallest absolute Gasteiger partial charge is 0.226 e. The van der Waals surface area contributed by atoms with Gasteiger partial charge in [0.15, 0.2) is 5.82 Å². The maximum Gasteiger partial charge on any atom is 0.226 e. The molecule has 2 aromatic rings. The van der Waals surface area contributed by atoms with Crippen molar-refractivity contribution in [3.05, 3.63) is 41.0 Å². The SMILES string of the molecule is CCc1nc(CN(C(C)=O)C2CCN(Cc3cccc4c3NCC4)C2)no1. The van der Waals surface area contributed by atoms with Crippen LogP contribution < -0.4 is 5.32 Å². The second-order valence-corrected chi connectivity index (χ2v) is 7.41. The summed E-state index contributed by atoms with van der Waals surface area (Å²) in [6.45, 7) is 7.83. The van der Waals surface area contributed by atoms with Gasteiger partial charge in [-0.05, 0) is 24.0 Å². The molecule has 1 aromatic carbocycles. The first-order valence-corrected chi connectivity index (χ1v) is 9.79. The number of carbonyl (C=O) groups is 1. The van der Waals surface area contributed by atoms with Crippen LogP contribution in [0.4, 0.5) is 5.69 Å². The van der Waals surface area contributed by atoms with Crippen LogP contribution in [0.15, 0.2) is 22.7 Å². The van der Waals surface area contributed by atoms with Gasteiger partial charge in [0.1, 0.15) is 0 Å². The maximum atomic E-state index is 12.2. The van der Waals surface area contributed by atoms with Crippen molar-refractivity contribution in [1.29, 1.82) is 0 Å². The summed E-state index contributed by atoms with van der Waals surface area (Å²) in [4.78, 5) is 20.9. The van der Waals surface area contributed by atoms with E-state index in [1.165, 1.54) is 16.8 Å². The van der Waals surface area contributed by atoms with Gasteiger partial charge in [0.05, 0.1) is 6.54 Å². The molecule has 1 aromatic heterocycles. The molecule has 144 valence electrons. The fourth-order valence-electron chi connectivity index (χ4n) is 4.14. The molecule has 0 aliphatic carbocycles. The second kappa shape index (κ2) is 7.68. The zero-order valence-corrected chi connectivity index (χ0v) is 16.1. The van der Waals surface area contributed by atoms with E-state index in [9.17, 15) is 4.79 Å². The van der Waals surface area contributed by atoms with E-state index < -0.39 is 0 Å². The van der Waals surface area contributed by atoms with Crippen LogP contribution >= 0.6 is 0 Å². The third kappa shape index (κ3) is 3.83. The third-order valence-electron chi connectivity index (χ3n) is 5.54. The topological polar surface area (TPSA) is 74.5 Å². The van der Waals surface area contributed by atoms with Gasteiger partial charge in [-0.15, -0.1) is 0 Å². The summed E-state index contributed by atoms with van der Waals surface area (Å²) in [6, 6.07) is 6.76. The Morgan fingerprint density at radius 1 is 1.44 bits per heavy atom. The van der Waals surface area contributed by atoms with E-state index in [0.29, 0.717) is 24.7 Å². The molecular weight excluding hydrogens is 342 g/mol. The average molecular weight is 369 g/mol. The van der Waals surface area contributed by atoms with E-state index in [4.69, 9.17) is 4.52 Å². The Morgan fingerprint density at radius 2 is 2.33 bits per heavy atom. The Labute approximate surface area is 159 Å². The Morgan fingerprint density at radius 3 is 3.11 bits per heavy atom. The van der Waals surface area contributed by atoms with Gasteiger partial charge in [0, 0.05) is 51.3 Å². The number of fused-ring (bicyclic) bond motifs is 1. The quantitative estimate of drug-likeness (QED) is 0.842. The number of aryl methyl sites for hydroxylation is 1. The minimum atomic E-state index is 0.0620. The average Bonchev–Trinajstić information content (AvgIpc) is 3.40. The molecule has 0 radical (unpaired) electrons. The predicted molar refractivity (Wildman–Crippen MR) is 102 cm³/mol. The number of anilines is 1. The third-order valence-corrected chi connectivity index (χ3v) is 5.54. The molecule has 0 bridgehead atoms. The molecule has 3 heterocycles. The van der Waals surface area contributed by atoms with Crippen molar-refractivity contribution >= 4 is 11.6 Å². The Hall–Kier alpha value is -2.41. The lowest BCUT2D eigenvalue weighted by Crippen LogP contribution is -2.40. The van der Waals surface area contributed by atoms with Crippen molar-refractivity contribution in [2.75, 3.05) is 25.0 Å². The second-order valence-electron chi connectivity index (χ2n) is 7.41. The molecule has 0 saturated carbocycles. The Bertz CT molecular complexity index is 818. The summed E-state index contributed by atoms with van der Waals surface area (Å²) in [7, 11) is 0. The monoisotopic (exact) mass is 369 g/mol. The van der Waals surface area contributed by atoms with E-state index in [1.54, 1.807) is 6.92 Å². The number of hydrogen-bond acceptors (Lipinski definition) is 6. The molecule has 4 rings (SSSR count). The highest BCUT2D eigenvalue weighted by molar-refractivity contribution is 5.73. The van der Waals surface area contributed by atoms with E-state index in [-0.39, 0.29) is 11.9 Å². The maximum absolute atomic E-state index is 12.2. The number of benzene rings is 1. The molecule has 27 heavy (non-hydrogen) atoms. The van der Waals surface area contributed by atoms with Gasteiger partial charge >= 0.3 is 0 Å². The normalized spacial score (nSPS) is 19.1. The number of hydrogen-bond donors (Lipinski definition) is 1. The standard InChI is InChI=1S/C20H27N5O2/c1-3-19-22-18(23-27-19)13-25(14(2)26)17-8-10-24(12-17)11-16-6-4-5-15-7-9-21-20(15)16/h4-6,17,21H,3,7-13H2,1-2H3. The molecular formula is C20H27N5O2. The number of likely N-dealkylation sites (tertiary alicyclic amines) is 1.